The smallest absolute Gasteiger partial charge is 0.329 e. The molecule has 0 unspecified atom stereocenters. The lowest BCUT2D eigenvalue weighted by Crippen LogP contribution is -2.32. The molecule has 11 heteroatoms. The van der Waals surface area contributed by atoms with Crippen LogP contribution in [-0.4, -0.2) is 24.6 Å². The van der Waals surface area contributed by atoms with Crippen LogP contribution < -0.4 is 20.2 Å². The Morgan fingerprint density at radius 2 is 1.83 bits per heavy atom. The van der Waals surface area contributed by atoms with Crippen molar-refractivity contribution in [1.82, 2.24) is 5.43 Å². The van der Waals surface area contributed by atoms with E-state index >= 15 is 0 Å². The molecule has 2 N–H and O–H groups in total. The Labute approximate surface area is 219 Å². The summed E-state index contributed by atoms with van der Waals surface area (Å²) in [5.74, 6) is -1.40. The largest absolute Gasteiger partial charge is 0.490 e. The van der Waals surface area contributed by atoms with Crippen LogP contribution in [0, 0.1) is 5.82 Å². The third kappa shape index (κ3) is 7.42. The molecule has 7 nitrogen and oxygen atoms in total. The minimum atomic E-state index is -0.999. The van der Waals surface area contributed by atoms with E-state index in [0.29, 0.717) is 28.1 Å². The second-order valence-electron chi connectivity index (χ2n) is 6.93. The Kier molecular flexibility index (Phi) is 9.47. The molecule has 0 saturated carbocycles. The van der Waals surface area contributed by atoms with Crippen molar-refractivity contribution in [1.29, 1.82) is 0 Å². The van der Waals surface area contributed by atoms with E-state index < -0.39 is 11.8 Å². The number of amides is 2. The molecule has 0 heterocycles. The van der Waals surface area contributed by atoms with Crippen LogP contribution in [0.2, 0.25) is 10.0 Å². The zero-order valence-corrected chi connectivity index (χ0v) is 21.4. The van der Waals surface area contributed by atoms with E-state index in [2.05, 4.69) is 31.8 Å². The summed E-state index contributed by atoms with van der Waals surface area (Å²) in [7, 11) is 0. The van der Waals surface area contributed by atoms with Gasteiger partial charge in [-0.3, -0.25) is 9.59 Å². The molecule has 0 aliphatic heterocycles. The Balaban J connectivity index is 1.66. The van der Waals surface area contributed by atoms with Gasteiger partial charge in [-0.15, -0.1) is 0 Å². The van der Waals surface area contributed by atoms with Crippen LogP contribution in [0.25, 0.3) is 0 Å². The molecule has 3 rings (SSSR count). The molecular formula is C24H19BrCl2FN3O4. The van der Waals surface area contributed by atoms with Crippen molar-refractivity contribution >= 4 is 62.8 Å². The number of carbonyl (C=O) groups excluding carboxylic acids is 2. The van der Waals surface area contributed by atoms with Gasteiger partial charge in [0, 0.05) is 0 Å². The highest BCUT2D eigenvalue weighted by Gasteiger charge is 2.16. The Morgan fingerprint density at radius 3 is 2.54 bits per heavy atom. The van der Waals surface area contributed by atoms with Gasteiger partial charge in [0.15, 0.2) is 11.5 Å². The lowest BCUT2D eigenvalue weighted by molar-refractivity contribution is -0.136. The maximum Gasteiger partial charge on any atom is 0.329 e. The first-order valence-corrected chi connectivity index (χ1v) is 11.7. The maximum atomic E-state index is 13.1. The second-order valence-corrected chi connectivity index (χ2v) is 8.57. The third-order valence-electron chi connectivity index (χ3n) is 4.41. The van der Waals surface area contributed by atoms with Gasteiger partial charge in [-0.05, 0) is 70.4 Å². The van der Waals surface area contributed by atoms with Crippen LogP contribution in [-0.2, 0) is 16.2 Å². The van der Waals surface area contributed by atoms with E-state index in [9.17, 15) is 14.0 Å². The molecule has 0 spiro atoms. The first kappa shape index (κ1) is 26.5. The number of halogens is 4. The first-order chi connectivity index (χ1) is 16.8. The number of nitrogens with zero attached hydrogens (tertiary/aromatic N) is 1. The van der Waals surface area contributed by atoms with Gasteiger partial charge < -0.3 is 14.8 Å². The summed E-state index contributed by atoms with van der Waals surface area (Å²) in [4.78, 5) is 24.2. The van der Waals surface area contributed by atoms with Crippen LogP contribution in [0.15, 0.2) is 64.2 Å². The van der Waals surface area contributed by atoms with Crippen molar-refractivity contribution < 1.29 is 23.5 Å². The SMILES string of the molecule is CCOc1cc(/C=N/NC(=O)C(=O)Nc2cccc(Cl)c2Cl)cc(Br)c1OCc1ccc(F)cc1. The number of hydrogen-bond acceptors (Lipinski definition) is 5. The van der Waals surface area contributed by atoms with Crippen LogP contribution in [0.3, 0.4) is 0 Å². The number of carbonyl (C=O) groups is 2. The van der Waals surface area contributed by atoms with Crippen LogP contribution in [0.5, 0.6) is 11.5 Å². The Bertz CT molecular complexity index is 1260. The predicted molar refractivity (Wildman–Crippen MR) is 137 cm³/mol. The van der Waals surface area contributed by atoms with E-state index in [1.54, 1.807) is 36.4 Å². The van der Waals surface area contributed by atoms with Crippen molar-refractivity contribution in [3.63, 3.8) is 0 Å². The van der Waals surface area contributed by atoms with E-state index in [-0.39, 0.29) is 28.2 Å². The maximum absolute atomic E-state index is 13.1. The van der Waals surface area contributed by atoms with Gasteiger partial charge in [-0.2, -0.15) is 5.10 Å². The van der Waals surface area contributed by atoms with Gasteiger partial charge >= 0.3 is 11.8 Å². The summed E-state index contributed by atoms with van der Waals surface area (Å²) in [6.07, 6.45) is 1.34. The van der Waals surface area contributed by atoms with Crippen LogP contribution >= 0.6 is 39.1 Å². The normalized spacial score (nSPS) is 10.8. The fourth-order valence-corrected chi connectivity index (χ4v) is 3.72. The molecule has 0 atom stereocenters. The Morgan fingerprint density at radius 1 is 1.09 bits per heavy atom. The number of rotatable bonds is 8. The minimum absolute atomic E-state index is 0.119. The summed E-state index contributed by atoms with van der Waals surface area (Å²) in [6.45, 7) is 2.40. The molecule has 35 heavy (non-hydrogen) atoms. The summed E-state index contributed by atoms with van der Waals surface area (Å²) in [5, 5.41) is 6.55. The average Bonchev–Trinajstić information content (AvgIpc) is 2.82. The van der Waals surface area contributed by atoms with E-state index in [1.165, 1.54) is 24.4 Å². The molecule has 0 fully saturated rings. The van der Waals surface area contributed by atoms with E-state index in [0.717, 1.165) is 5.56 Å². The van der Waals surface area contributed by atoms with Crippen molar-refractivity contribution in [2.75, 3.05) is 11.9 Å². The molecule has 0 aliphatic carbocycles. The van der Waals surface area contributed by atoms with Crippen molar-refractivity contribution in [3.05, 3.63) is 86.1 Å². The van der Waals surface area contributed by atoms with Gasteiger partial charge in [0.2, 0.25) is 0 Å². The molecule has 0 saturated heterocycles. The van der Waals surface area contributed by atoms with Gasteiger partial charge in [0.05, 0.1) is 33.0 Å². The summed E-state index contributed by atoms with van der Waals surface area (Å²) < 4.78 is 25.2. The molecule has 0 bridgehead atoms. The number of hydrazone groups is 1. The average molecular weight is 583 g/mol. The van der Waals surface area contributed by atoms with Gasteiger partial charge in [-0.1, -0.05) is 41.4 Å². The number of hydrogen-bond donors (Lipinski definition) is 2. The van der Waals surface area contributed by atoms with Crippen LogP contribution in [0.4, 0.5) is 10.1 Å². The first-order valence-electron chi connectivity index (χ1n) is 10.2. The summed E-state index contributed by atoms with van der Waals surface area (Å²) in [5.41, 5.74) is 3.69. The molecule has 2 amide bonds. The quantitative estimate of drug-likeness (QED) is 0.195. The zero-order chi connectivity index (χ0) is 25.4. The van der Waals surface area contributed by atoms with E-state index in [1.807, 2.05) is 6.92 Å². The highest BCUT2D eigenvalue weighted by atomic mass is 79.9. The molecular weight excluding hydrogens is 564 g/mol. The van der Waals surface area contributed by atoms with Crippen molar-refractivity contribution in [2.45, 2.75) is 13.5 Å². The number of anilines is 1. The molecule has 0 aromatic heterocycles. The highest BCUT2D eigenvalue weighted by molar-refractivity contribution is 9.10. The number of nitrogens with one attached hydrogen (secondary N) is 2. The zero-order valence-electron chi connectivity index (χ0n) is 18.3. The van der Waals surface area contributed by atoms with Gasteiger partial charge in [-0.25, -0.2) is 9.82 Å². The highest BCUT2D eigenvalue weighted by Crippen LogP contribution is 2.37. The lowest BCUT2D eigenvalue weighted by Gasteiger charge is -2.14. The van der Waals surface area contributed by atoms with Gasteiger partial charge in [0.25, 0.3) is 0 Å². The van der Waals surface area contributed by atoms with Crippen molar-refractivity contribution in [2.24, 2.45) is 5.10 Å². The predicted octanol–water partition coefficient (Wildman–Crippen LogP) is 5.96. The molecule has 182 valence electrons. The molecule has 0 aliphatic rings. The standard InChI is InChI=1S/C24H19BrCl2FN3O4/c1-2-34-20-11-15(10-17(25)22(20)35-13-14-6-8-16(28)9-7-14)12-29-31-24(33)23(32)30-19-5-3-4-18(26)21(19)27/h3-12H,2,13H2,1H3,(H,30,32)(H,31,33)/b29-12+. The monoisotopic (exact) mass is 581 g/mol. The summed E-state index contributed by atoms with van der Waals surface area (Å²) >= 11 is 15.4. The van der Waals surface area contributed by atoms with E-state index in [4.69, 9.17) is 32.7 Å². The number of ether oxygens (including phenoxy) is 2. The minimum Gasteiger partial charge on any atom is -0.490 e. The Hall–Kier alpha value is -3.14. The fraction of sp³-hybridized carbons (Fsp3) is 0.125. The van der Waals surface area contributed by atoms with Crippen molar-refractivity contribution in [3.8, 4) is 11.5 Å². The number of benzene rings is 3. The van der Waals surface area contributed by atoms with Gasteiger partial charge in [0.1, 0.15) is 12.4 Å². The topological polar surface area (TPSA) is 89.0 Å². The lowest BCUT2D eigenvalue weighted by atomic mass is 10.2. The second kappa shape index (κ2) is 12.5. The third-order valence-corrected chi connectivity index (χ3v) is 5.82. The molecule has 3 aromatic carbocycles. The summed E-state index contributed by atoms with van der Waals surface area (Å²) in [6, 6.07) is 14.0. The van der Waals surface area contributed by atoms with Crippen LogP contribution in [0.1, 0.15) is 18.1 Å². The molecule has 0 radical (unpaired) electrons. The molecule has 3 aromatic rings. The fourth-order valence-electron chi connectivity index (χ4n) is 2.80.